The molecule has 0 bridgehead atoms. The summed E-state index contributed by atoms with van der Waals surface area (Å²) in [6, 6.07) is 0. The van der Waals surface area contributed by atoms with Crippen molar-refractivity contribution >= 4 is 11.9 Å². The summed E-state index contributed by atoms with van der Waals surface area (Å²) in [6.45, 7) is 4.41. The number of rotatable bonds is 28. The van der Waals surface area contributed by atoms with Crippen LogP contribution in [-0.2, 0) is 9.59 Å². The first-order valence-corrected chi connectivity index (χ1v) is 16.6. The standard InChI is InChI=1S/C18H34O2.C18H30O2/c2*1-2-3-4-5-6-7-8-9-10-11-12-13-14-15-16-17-18(19)20/h9-10H,2-8,11-17H2,1H3,(H,19,20);3-4,6-7,9-10H,2,5,8,11-17H2,1H3,(H,19,20)/b10-9+;4-3+,7-6+,10-9+. The van der Waals surface area contributed by atoms with E-state index in [4.69, 9.17) is 10.2 Å². The molecule has 4 nitrogen and oxygen atoms in total. The molecule has 0 rings (SSSR count). The van der Waals surface area contributed by atoms with Crippen LogP contribution in [0.4, 0.5) is 0 Å². The molecule has 0 radical (unpaired) electrons. The van der Waals surface area contributed by atoms with E-state index >= 15 is 0 Å². The number of carboxylic acid groups (broad SMARTS) is 2. The zero-order chi connectivity index (χ0) is 29.8. The van der Waals surface area contributed by atoms with Gasteiger partial charge in [-0.1, -0.05) is 133 Å². The maximum Gasteiger partial charge on any atom is 0.303 e. The van der Waals surface area contributed by atoms with Crippen LogP contribution in [0.2, 0.25) is 0 Å². The molecule has 0 fully saturated rings. The van der Waals surface area contributed by atoms with Crippen LogP contribution in [0.25, 0.3) is 0 Å². The van der Waals surface area contributed by atoms with E-state index in [2.05, 4.69) is 62.5 Å². The van der Waals surface area contributed by atoms with Gasteiger partial charge in [-0.3, -0.25) is 9.59 Å². The average molecular weight is 561 g/mol. The summed E-state index contributed by atoms with van der Waals surface area (Å²) >= 11 is 0. The van der Waals surface area contributed by atoms with Crippen molar-refractivity contribution in [1.82, 2.24) is 0 Å². The van der Waals surface area contributed by atoms with Gasteiger partial charge in [-0.05, 0) is 70.6 Å². The molecule has 232 valence electrons. The molecule has 0 atom stereocenters. The molecule has 2 N–H and O–H groups in total. The molecule has 0 aromatic heterocycles. The molecule has 0 heterocycles. The van der Waals surface area contributed by atoms with Crippen LogP contribution in [0.5, 0.6) is 0 Å². The molecule has 0 aliphatic rings. The second-order valence-corrected chi connectivity index (χ2v) is 10.7. The fraction of sp³-hybridized carbons (Fsp3) is 0.722. The van der Waals surface area contributed by atoms with E-state index in [1.807, 2.05) is 0 Å². The van der Waals surface area contributed by atoms with Crippen molar-refractivity contribution in [1.29, 1.82) is 0 Å². The monoisotopic (exact) mass is 560 g/mol. The Bertz CT molecular complexity index is 645. The molecule has 0 unspecified atom stereocenters. The summed E-state index contributed by atoms with van der Waals surface area (Å²) in [4.78, 5) is 20.6. The van der Waals surface area contributed by atoms with Gasteiger partial charge in [-0.25, -0.2) is 0 Å². The van der Waals surface area contributed by atoms with E-state index in [0.29, 0.717) is 12.8 Å². The van der Waals surface area contributed by atoms with Crippen LogP contribution in [0.1, 0.15) is 168 Å². The Morgan fingerprint density at radius 1 is 0.425 bits per heavy atom. The number of aliphatic carboxylic acids is 2. The van der Waals surface area contributed by atoms with E-state index in [0.717, 1.165) is 57.8 Å². The Morgan fingerprint density at radius 2 is 0.750 bits per heavy atom. The minimum atomic E-state index is -0.675. The summed E-state index contributed by atoms with van der Waals surface area (Å²) < 4.78 is 0. The van der Waals surface area contributed by atoms with Crippen molar-refractivity contribution in [2.24, 2.45) is 0 Å². The number of allylic oxidation sites excluding steroid dienone is 8. The van der Waals surface area contributed by atoms with Crippen molar-refractivity contribution < 1.29 is 19.8 Å². The Labute approximate surface area is 248 Å². The predicted octanol–water partition coefficient (Wildman–Crippen LogP) is 11.8. The Kier molecular flexibility index (Phi) is 36.9. The van der Waals surface area contributed by atoms with E-state index < -0.39 is 11.9 Å². The predicted molar refractivity (Wildman–Crippen MR) is 174 cm³/mol. The lowest BCUT2D eigenvalue weighted by Crippen LogP contribution is -1.93. The lowest BCUT2D eigenvalue weighted by atomic mass is 10.1. The molecule has 0 saturated heterocycles. The average Bonchev–Trinajstić information content (AvgIpc) is 2.93. The minimum absolute atomic E-state index is 0.319. The highest BCUT2D eigenvalue weighted by Gasteiger charge is 1.96. The number of hydrogen-bond donors (Lipinski definition) is 2. The van der Waals surface area contributed by atoms with E-state index in [1.54, 1.807) is 0 Å². The molecule has 0 aromatic carbocycles. The van der Waals surface area contributed by atoms with E-state index in [-0.39, 0.29) is 0 Å². The van der Waals surface area contributed by atoms with Gasteiger partial charge in [0.15, 0.2) is 0 Å². The van der Waals surface area contributed by atoms with E-state index in [1.165, 1.54) is 83.5 Å². The largest absolute Gasteiger partial charge is 0.481 e. The quantitative estimate of drug-likeness (QED) is 0.0737. The molecule has 40 heavy (non-hydrogen) atoms. The highest BCUT2D eigenvalue weighted by Crippen LogP contribution is 2.10. The van der Waals surface area contributed by atoms with Crippen molar-refractivity contribution in [3.63, 3.8) is 0 Å². The maximum atomic E-state index is 10.3. The number of carbonyl (C=O) groups is 2. The van der Waals surface area contributed by atoms with Crippen LogP contribution in [0.3, 0.4) is 0 Å². The van der Waals surface area contributed by atoms with Crippen molar-refractivity contribution in [2.45, 2.75) is 168 Å². The van der Waals surface area contributed by atoms with Crippen LogP contribution in [0, 0.1) is 0 Å². The lowest BCUT2D eigenvalue weighted by Gasteiger charge is -1.99. The third kappa shape index (κ3) is 43.0. The van der Waals surface area contributed by atoms with Gasteiger partial charge in [0.2, 0.25) is 0 Å². The zero-order valence-corrected chi connectivity index (χ0v) is 26.3. The topological polar surface area (TPSA) is 74.6 Å². The fourth-order valence-corrected chi connectivity index (χ4v) is 4.24. The highest BCUT2D eigenvalue weighted by atomic mass is 16.4. The Hall–Kier alpha value is -2.10. The van der Waals surface area contributed by atoms with Crippen molar-refractivity contribution in [2.75, 3.05) is 0 Å². The second kappa shape index (κ2) is 36.9. The third-order valence-corrected chi connectivity index (χ3v) is 6.69. The molecule has 0 amide bonds. The first kappa shape index (κ1) is 40.0. The van der Waals surface area contributed by atoms with Gasteiger partial charge in [0.1, 0.15) is 0 Å². The van der Waals surface area contributed by atoms with Crippen molar-refractivity contribution in [3.8, 4) is 0 Å². The number of hydrogen-bond acceptors (Lipinski definition) is 2. The minimum Gasteiger partial charge on any atom is -0.481 e. The molecule has 0 aliphatic carbocycles. The number of carboxylic acids is 2. The van der Waals surface area contributed by atoms with Gasteiger partial charge in [0, 0.05) is 12.8 Å². The van der Waals surface area contributed by atoms with Crippen LogP contribution in [0.15, 0.2) is 48.6 Å². The van der Waals surface area contributed by atoms with E-state index in [9.17, 15) is 9.59 Å². The summed E-state index contributed by atoms with van der Waals surface area (Å²) in [5.41, 5.74) is 0. The van der Waals surface area contributed by atoms with Crippen LogP contribution in [-0.4, -0.2) is 22.2 Å². The number of unbranched alkanes of at least 4 members (excludes halogenated alkanes) is 16. The highest BCUT2D eigenvalue weighted by molar-refractivity contribution is 5.66. The normalized spacial score (nSPS) is 11.7. The molecule has 0 spiro atoms. The smallest absolute Gasteiger partial charge is 0.303 e. The van der Waals surface area contributed by atoms with Crippen LogP contribution < -0.4 is 0 Å². The SMILES string of the molecule is CC/C=C/C/C=C/C/C=C/CCCCCCCC(=O)O.CCCCCCCC/C=C/CCCCCCCC(=O)O. The Morgan fingerprint density at radius 3 is 1.15 bits per heavy atom. The summed E-state index contributed by atoms with van der Waals surface area (Å²) in [7, 11) is 0. The molecule has 0 aliphatic heterocycles. The van der Waals surface area contributed by atoms with Gasteiger partial charge in [-0.15, -0.1) is 0 Å². The van der Waals surface area contributed by atoms with Gasteiger partial charge in [0.25, 0.3) is 0 Å². The molecule has 0 saturated carbocycles. The second-order valence-electron chi connectivity index (χ2n) is 10.7. The van der Waals surface area contributed by atoms with Gasteiger partial charge >= 0.3 is 11.9 Å². The summed E-state index contributed by atoms with van der Waals surface area (Å²) in [5.74, 6) is -1.34. The summed E-state index contributed by atoms with van der Waals surface area (Å²) in [5, 5.41) is 17.0. The molecular formula is C36H64O4. The molecule has 4 heteroatoms. The zero-order valence-electron chi connectivity index (χ0n) is 26.3. The van der Waals surface area contributed by atoms with Gasteiger partial charge in [0.05, 0.1) is 0 Å². The third-order valence-electron chi connectivity index (χ3n) is 6.69. The van der Waals surface area contributed by atoms with Gasteiger partial charge < -0.3 is 10.2 Å². The first-order chi connectivity index (χ1) is 19.5. The lowest BCUT2D eigenvalue weighted by molar-refractivity contribution is -0.138. The van der Waals surface area contributed by atoms with Gasteiger partial charge in [-0.2, -0.15) is 0 Å². The summed E-state index contributed by atoms with van der Waals surface area (Å²) in [6.07, 6.45) is 44.6. The van der Waals surface area contributed by atoms with Crippen molar-refractivity contribution in [3.05, 3.63) is 48.6 Å². The fourth-order valence-electron chi connectivity index (χ4n) is 4.24. The molecular weight excluding hydrogens is 496 g/mol. The first-order valence-electron chi connectivity index (χ1n) is 16.6. The van der Waals surface area contributed by atoms with Crippen LogP contribution >= 0.6 is 0 Å². The molecule has 0 aromatic rings. The maximum absolute atomic E-state index is 10.3. The Balaban J connectivity index is 0.